The number of carbonyl (C=O) groups is 1. The molecule has 8 nitrogen and oxygen atoms in total. The summed E-state index contributed by atoms with van der Waals surface area (Å²) in [4.78, 5) is 19.4. The van der Waals surface area contributed by atoms with Crippen LogP contribution in [-0.4, -0.2) is 51.7 Å². The average Bonchev–Trinajstić information content (AvgIpc) is 2.73. The number of rotatable bonds is 7. The van der Waals surface area contributed by atoms with Crippen LogP contribution in [0.2, 0.25) is 0 Å². The molecule has 0 aliphatic carbocycles. The number of pyridine rings is 1. The number of amides is 1. The number of hydrogen-bond donors (Lipinski definition) is 2. The van der Waals surface area contributed by atoms with Crippen molar-refractivity contribution in [2.75, 3.05) is 36.5 Å². The van der Waals surface area contributed by atoms with Gasteiger partial charge in [0.1, 0.15) is 11.9 Å². The maximum atomic E-state index is 12.8. The monoisotopic (exact) mass is 432 g/mol. The third-order valence-corrected chi connectivity index (χ3v) is 6.39. The Labute approximate surface area is 177 Å². The summed E-state index contributed by atoms with van der Waals surface area (Å²) in [6, 6.07) is 9.16. The van der Waals surface area contributed by atoms with Crippen LogP contribution in [0.15, 0.2) is 47.5 Å². The fraction of sp³-hybridized carbons (Fsp3) is 0.429. The summed E-state index contributed by atoms with van der Waals surface area (Å²) in [5, 5.41) is 2.72. The smallest absolute Gasteiger partial charge is 0.243 e. The van der Waals surface area contributed by atoms with Gasteiger partial charge in [0.25, 0.3) is 0 Å². The number of sulfonamides is 1. The van der Waals surface area contributed by atoms with Crippen molar-refractivity contribution in [3.05, 3.63) is 48.2 Å². The first-order valence-electron chi connectivity index (χ1n) is 9.95. The van der Waals surface area contributed by atoms with Crippen molar-refractivity contribution in [3.8, 4) is 0 Å². The third kappa shape index (κ3) is 5.56. The van der Waals surface area contributed by atoms with Gasteiger partial charge >= 0.3 is 0 Å². The van der Waals surface area contributed by atoms with Crippen molar-refractivity contribution in [2.45, 2.75) is 31.7 Å². The van der Waals surface area contributed by atoms with E-state index < -0.39 is 22.0 Å². The molecule has 9 heteroatoms. The molecule has 162 valence electrons. The van der Waals surface area contributed by atoms with E-state index in [4.69, 9.17) is 4.74 Å². The zero-order valence-electron chi connectivity index (χ0n) is 17.5. The molecule has 1 aliphatic heterocycles. The summed E-state index contributed by atoms with van der Waals surface area (Å²) < 4.78 is 33.3. The van der Waals surface area contributed by atoms with Crippen molar-refractivity contribution >= 4 is 27.4 Å². The van der Waals surface area contributed by atoms with Crippen molar-refractivity contribution in [1.29, 1.82) is 0 Å². The highest BCUT2D eigenvalue weighted by atomic mass is 32.2. The number of anilines is 2. The minimum atomic E-state index is -3.83. The lowest BCUT2D eigenvalue weighted by Crippen LogP contribution is -2.47. The van der Waals surface area contributed by atoms with Gasteiger partial charge in [-0.05, 0) is 37.1 Å². The van der Waals surface area contributed by atoms with Crippen LogP contribution >= 0.6 is 0 Å². The maximum Gasteiger partial charge on any atom is 0.243 e. The van der Waals surface area contributed by atoms with Gasteiger partial charge in [0.15, 0.2) is 0 Å². The Bertz CT molecular complexity index is 954. The standard InChI is InChI=1S/C21H28N4O4S/c1-15(2)20(24-30(27,28)18-7-4-16(3)5-8-18)21(26)23-19-9-6-17(14-22-19)25-10-12-29-13-11-25/h4-9,14-15,20,24H,10-13H2,1-3H3,(H,22,23,26)/t20-/m0/s1. The molecule has 3 rings (SSSR count). The lowest BCUT2D eigenvalue weighted by atomic mass is 10.1. The summed E-state index contributed by atoms with van der Waals surface area (Å²) in [6.45, 7) is 8.40. The number of aryl methyl sites for hydroxylation is 1. The molecule has 0 radical (unpaired) electrons. The van der Waals surface area contributed by atoms with Gasteiger partial charge in [-0.25, -0.2) is 13.4 Å². The molecule has 1 aliphatic rings. The van der Waals surface area contributed by atoms with Crippen LogP contribution in [-0.2, 0) is 19.6 Å². The first-order valence-corrected chi connectivity index (χ1v) is 11.4. The van der Waals surface area contributed by atoms with E-state index in [-0.39, 0.29) is 10.8 Å². The Balaban J connectivity index is 1.68. The number of hydrogen-bond acceptors (Lipinski definition) is 6. The van der Waals surface area contributed by atoms with Crippen LogP contribution in [0.1, 0.15) is 19.4 Å². The van der Waals surface area contributed by atoms with E-state index in [0.717, 1.165) is 24.3 Å². The molecule has 2 N–H and O–H groups in total. The van der Waals surface area contributed by atoms with E-state index in [9.17, 15) is 13.2 Å². The maximum absolute atomic E-state index is 12.8. The Hall–Kier alpha value is -2.49. The van der Waals surface area contributed by atoms with Crippen LogP contribution < -0.4 is 14.9 Å². The number of benzene rings is 1. The van der Waals surface area contributed by atoms with Gasteiger partial charge < -0.3 is 15.0 Å². The van der Waals surface area contributed by atoms with Crippen LogP contribution in [0.3, 0.4) is 0 Å². The molecule has 2 heterocycles. The van der Waals surface area contributed by atoms with E-state index in [0.29, 0.717) is 19.0 Å². The number of nitrogens with zero attached hydrogens (tertiary/aromatic N) is 2. The quantitative estimate of drug-likeness (QED) is 0.696. The summed E-state index contributed by atoms with van der Waals surface area (Å²) in [5.74, 6) is -0.331. The predicted octanol–water partition coefficient (Wildman–Crippen LogP) is 2.17. The largest absolute Gasteiger partial charge is 0.378 e. The highest BCUT2D eigenvalue weighted by molar-refractivity contribution is 7.89. The third-order valence-electron chi connectivity index (χ3n) is 4.94. The fourth-order valence-electron chi connectivity index (χ4n) is 3.12. The minimum absolute atomic E-state index is 0.125. The molecule has 1 aromatic heterocycles. The second-order valence-electron chi connectivity index (χ2n) is 7.65. The van der Waals surface area contributed by atoms with Gasteiger partial charge in [0.2, 0.25) is 15.9 Å². The molecule has 30 heavy (non-hydrogen) atoms. The fourth-order valence-corrected chi connectivity index (χ4v) is 4.46. The molecule has 2 aromatic rings. The van der Waals surface area contributed by atoms with Gasteiger partial charge in [-0.15, -0.1) is 0 Å². The number of carbonyl (C=O) groups excluding carboxylic acids is 1. The van der Waals surface area contributed by atoms with Crippen molar-refractivity contribution in [3.63, 3.8) is 0 Å². The number of morpholine rings is 1. The molecule has 1 aromatic carbocycles. The first kappa shape index (κ1) is 22.2. The predicted molar refractivity (Wildman–Crippen MR) is 116 cm³/mol. The lowest BCUT2D eigenvalue weighted by Gasteiger charge is -2.28. The highest BCUT2D eigenvalue weighted by Gasteiger charge is 2.28. The second-order valence-corrected chi connectivity index (χ2v) is 9.36. The molecule has 0 unspecified atom stereocenters. The Morgan fingerprint density at radius 1 is 1.10 bits per heavy atom. The van der Waals surface area contributed by atoms with E-state index >= 15 is 0 Å². The van der Waals surface area contributed by atoms with Crippen LogP contribution in [0, 0.1) is 12.8 Å². The molecule has 0 saturated carbocycles. The molecule has 1 fully saturated rings. The van der Waals surface area contributed by atoms with Crippen LogP contribution in [0.25, 0.3) is 0 Å². The van der Waals surface area contributed by atoms with Crippen molar-refractivity contribution in [1.82, 2.24) is 9.71 Å². The second kappa shape index (κ2) is 9.55. The topological polar surface area (TPSA) is 101 Å². The van der Waals surface area contributed by atoms with Crippen molar-refractivity contribution in [2.24, 2.45) is 5.92 Å². The average molecular weight is 433 g/mol. The van der Waals surface area contributed by atoms with Gasteiger partial charge in [-0.1, -0.05) is 31.5 Å². The van der Waals surface area contributed by atoms with Gasteiger partial charge in [0, 0.05) is 13.1 Å². The number of nitrogens with one attached hydrogen (secondary N) is 2. The Kier molecular flexibility index (Phi) is 7.06. The van der Waals surface area contributed by atoms with E-state index in [1.165, 1.54) is 12.1 Å². The summed E-state index contributed by atoms with van der Waals surface area (Å²) in [5.41, 5.74) is 1.91. The summed E-state index contributed by atoms with van der Waals surface area (Å²) >= 11 is 0. The molecule has 0 bridgehead atoms. The molecule has 1 saturated heterocycles. The molecule has 0 spiro atoms. The molecule has 1 atom stereocenters. The Morgan fingerprint density at radius 2 is 1.77 bits per heavy atom. The van der Waals surface area contributed by atoms with Crippen molar-refractivity contribution < 1.29 is 17.9 Å². The minimum Gasteiger partial charge on any atom is -0.378 e. The lowest BCUT2D eigenvalue weighted by molar-refractivity contribution is -0.118. The van der Waals surface area contributed by atoms with Crippen LogP contribution in [0.4, 0.5) is 11.5 Å². The highest BCUT2D eigenvalue weighted by Crippen LogP contribution is 2.18. The van der Waals surface area contributed by atoms with Gasteiger partial charge in [0.05, 0.1) is 30.0 Å². The Morgan fingerprint density at radius 3 is 2.33 bits per heavy atom. The SMILES string of the molecule is Cc1ccc(S(=O)(=O)N[C@H](C(=O)Nc2ccc(N3CCOCC3)cn2)C(C)C)cc1. The van der Waals surface area contributed by atoms with Gasteiger partial charge in [-0.2, -0.15) is 4.72 Å². The van der Waals surface area contributed by atoms with E-state index in [1.54, 1.807) is 38.2 Å². The number of aromatic nitrogens is 1. The summed E-state index contributed by atoms with van der Waals surface area (Å²) in [6.07, 6.45) is 1.70. The van der Waals surface area contributed by atoms with Gasteiger partial charge in [-0.3, -0.25) is 4.79 Å². The zero-order chi connectivity index (χ0) is 21.7. The molecular formula is C21H28N4O4S. The number of ether oxygens (including phenoxy) is 1. The van der Waals surface area contributed by atoms with Crippen LogP contribution in [0.5, 0.6) is 0 Å². The normalized spacial score (nSPS) is 15.8. The molecular weight excluding hydrogens is 404 g/mol. The molecule has 1 amide bonds. The summed E-state index contributed by atoms with van der Waals surface area (Å²) in [7, 11) is -3.83. The first-order chi connectivity index (χ1) is 14.3. The van der Waals surface area contributed by atoms with E-state index in [2.05, 4.69) is 19.9 Å². The van der Waals surface area contributed by atoms with E-state index in [1.807, 2.05) is 13.0 Å². The zero-order valence-corrected chi connectivity index (χ0v) is 18.3.